The number of imide groups is 1. The summed E-state index contributed by atoms with van der Waals surface area (Å²) in [6.07, 6.45) is 0.0624. The van der Waals surface area contributed by atoms with Gasteiger partial charge in [0.15, 0.2) is 0 Å². The number of ether oxygens (including phenoxy) is 2. The van der Waals surface area contributed by atoms with Crippen LogP contribution in [0.1, 0.15) is 22.3 Å². The number of carbonyl (C=O) groups excluding carboxylic acids is 2. The van der Waals surface area contributed by atoms with E-state index in [1.807, 2.05) is 13.0 Å². The molecule has 108 valence electrons. The van der Waals surface area contributed by atoms with Crippen molar-refractivity contribution in [2.75, 3.05) is 20.3 Å². The maximum absolute atomic E-state index is 12.1. The van der Waals surface area contributed by atoms with E-state index in [-0.39, 0.29) is 6.42 Å². The molecule has 2 amide bonds. The van der Waals surface area contributed by atoms with Gasteiger partial charge in [-0.15, -0.1) is 0 Å². The zero-order valence-electron chi connectivity index (χ0n) is 11.6. The monoisotopic (exact) mass is 278 g/mol. The number of nitrogens with two attached hydrogens (primary N) is 1. The number of benzene rings is 1. The molecule has 0 saturated carbocycles. The minimum Gasteiger partial charge on any atom is -0.496 e. The Morgan fingerprint density at radius 2 is 2.15 bits per heavy atom. The molecule has 1 fully saturated rings. The summed E-state index contributed by atoms with van der Waals surface area (Å²) in [4.78, 5) is 23.9. The molecule has 1 saturated heterocycles. The van der Waals surface area contributed by atoms with Crippen molar-refractivity contribution in [1.29, 1.82) is 0 Å². The summed E-state index contributed by atoms with van der Waals surface area (Å²) in [6, 6.07) is 5.20. The molecule has 0 unspecified atom stereocenters. The minimum atomic E-state index is -0.652. The van der Waals surface area contributed by atoms with E-state index < -0.39 is 17.4 Å². The molecule has 0 spiro atoms. The summed E-state index contributed by atoms with van der Waals surface area (Å²) >= 11 is 0. The zero-order valence-corrected chi connectivity index (χ0v) is 11.6. The summed E-state index contributed by atoms with van der Waals surface area (Å²) in [7, 11) is 1.48. The maximum atomic E-state index is 12.1. The van der Waals surface area contributed by atoms with Gasteiger partial charge in [-0.25, -0.2) is 0 Å². The first-order valence-corrected chi connectivity index (χ1v) is 6.29. The number of rotatable bonds is 4. The molecule has 6 nitrogen and oxygen atoms in total. The van der Waals surface area contributed by atoms with E-state index in [4.69, 9.17) is 15.2 Å². The highest BCUT2D eigenvalue weighted by Gasteiger charge is 2.36. The number of aryl methyl sites for hydroxylation is 1. The molecule has 6 heteroatoms. The second-order valence-electron chi connectivity index (χ2n) is 5.11. The van der Waals surface area contributed by atoms with Gasteiger partial charge in [0.1, 0.15) is 5.75 Å². The fraction of sp³-hybridized carbons (Fsp3) is 0.429. The van der Waals surface area contributed by atoms with Crippen molar-refractivity contribution in [1.82, 2.24) is 5.32 Å². The number of carbonyl (C=O) groups is 2. The fourth-order valence-corrected chi connectivity index (χ4v) is 2.02. The van der Waals surface area contributed by atoms with E-state index in [1.165, 1.54) is 7.11 Å². The minimum absolute atomic E-state index is 0.0624. The molecule has 1 heterocycles. The van der Waals surface area contributed by atoms with Gasteiger partial charge in [-0.05, 0) is 19.1 Å². The Bertz CT molecular complexity index is 538. The van der Waals surface area contributed by atoms with Crippen molar-refractivity contribution >= 4 is 11.8 Å². The van der Waals surface area contributed by atoms with Gasteiger partial charge in [-0.2, -0.15) is 0 Å². The lowest BCUT2D eigenvalue weighted by Gasteiger charge is -2.36. The molecular weight excluding hydrogens is 260 g/mol. The van der Waals surface area contributed by atoms with Gasteiger partial charge >= 0.3 is 0 Å². The van der Waals surface area contributed by atoms with Crippen molar-refractivity contribution in [3.63, 3.8) is 0 Å². The molecule has 0 atom stereocenters. The van der Waals surface area contributed by atoms with Crippen LogP contribution in [0, 0.1) is 6.92 Å². The summed E-state index contributed by atoms with van der Waals surface area (Å²) in [5.41, 5.74) is 6.46. The van der Waals surface area contributed by atoms with E-state index in [9.17, 15) is 9.59 Å². The predicted molar refractivity (Wildman–Crippen MR) is 72.6 cm³/mol. The van der Waals surface area contributed by atoms with Gasteiger partial charge in [0.2, 0.25) is 5.91 Å². The molecule has 0 bridgehead atoms. The van der Waals surface area contributed by atoms with Crippen LogP contribution in [0.4, 0.5) is 0 Å². The van der Waals surface area contributed by atoms with Crippen LogP contribution in [0.5, 0.6) is 5.75 Å². The molecule has 3 N–H and O–H groups in total. The van der Waals surface area contributed by atoms with Crippen LogP contribution >= 0.6 is 0 Å². The van der Waals surface area contributed by atoms with Gasteiger partial charge in [0.25, 0.3) is 5.91 Å². The van der Waals surface area contributed by atoms with Crippen LogP contribution in [-0.2, 0) is 9.53 Å². The van der Waals surface area contributed by atoms with Crippen molar-refractivity contribution in [3.8, 4) is 5.75 Å². The Labute approximate surface area is 117 Å². The van der Waals surface area contributed by atoms with Crippen LogP contribution in [0.25, 0.3) is 0 Å². The van der Waals surface area contributed by atoms with Crippen molar-refractivity contribution in [2.45, 2.75) is 18.9 Å². The summed E-state index contributed by atoms with van der Waals surface area (Å²) in [5.74, 6) is -0.473. The predicted octanol–water partition coefficient (Wildman–Crippen LogP) is 0.378. The number of hydrogen-bond acceptors (Lipinski definition) is 5. The van der Waals surface area contributed by atoms with Crippen LogP contribution in [0.3, 0.4) is 0 Å². The lowest BCUT2D eigenvalue weighted by molar-refractivity contribution is -0.127. The molecule has 1 aliphatic rings. The third kappa shape index (κ3) is 3.15. The van der Waals surface area contributed by atoms with Crippen molar-refractivity contribution in [3.05, 3.63) is 29.3 Å². The molecule has 2 rings (SSSR count). The van der Waals surface area contributed by atoms with Crippen LogP contribution in [0.15, 0.2) is 18.2 Å². The van der Waals surface area contributed by atoms with Gasteiger partial charge in [0.05, 0.1) is 31.4 Å². The van der Waals surface area contributed by atoms with Crippen LogP contribution in [-0.4, -0.2) is 37.7 Å². The number of methoxy groups -OCH3 is 1. The number of hydrogen-bond donors (Lipinski definition) is 2. The first-order valence-electron chi connectivity index (χ1n) is 6.29. The van der Waals surface area contributed by atoms with Crippen LogP contribution in [0.2, 0.25) is 0 Å². The molecule has 1 aromatic rings. The highest BCUT2D eigenvalue weighted by Crippen LogP contribution is 2.20. The molecule has 1 aromatic carbocycles. The largest absolute Gasteiger partial charge is 0.496 e. The smallest absolute Gasteiger partial charge is 0.261 e. The maximum Gasteiger partial charge on any atom is 0.261 e. The molecular formula is C14H18N2O4. The average Bonchev–Trinajstić information content (AvgIpc) is 2.36. The Hall–Kier alpha value is -1.92. The Morgan fingerprint density at radius 1 is 1.45 bits per heavy atom. The van der Waals surface area contributed by atoms with E-state index in [2.05, 4.69) is 5.32 Å². The summed E-state index contributed by atoms with van der Waals surface area (Å²) < 4.78 is 10.1. The molecule has 0 aromatic heterocycles. The van der Waals surface area contributed by atoms with Crippen LogP contribution < -0.4 is 15.8 Å². The fourth-order valence-electron chi connectivity index (χ4n) is 2.02. The first kappa shape index (κ1) is 14.5. The second kappa shape index (κ2) is 5.60. The lowest BCUT2D eigenvalue weighted by Crippen LogP contribution is -2.59. The summed E-state index contributed by atoms with van der Waals surface area (Å²) in [6.45, 7) is 2.53. The normalized spacial score (nSPS) is 16.1. The van der Waals surface area contributed by atoms with Gasteiger partial charge in [-0.1, -0.05) is 11.6 Å². The SMILES string of the molecule is COc1ccc(C)cc1C(=O)NC(=O)CC1(N)COC1. The average molecular weight is 278 g/mol. The molecule has 0 aliphatic carbocycles. The first-order chi connectivity index (χ1) is 9.43. The summed E-state index contributed by atoms with van der Waals surface area (Å²) in [5, 5.41) is 2.33. The third-order valence-electron chi connectivity index (χ3n) is 3.14. The van der Waals surface area contributed by atoms with Gasteiger partial charge in [-0.3, -0.25) is 14.9 Å². The zero-order chi connectivity index (χ0) is 14.8. The topological polar surface area (TPSA) is 90.7 Å². The third-order valence-corrected chi connectivity index (χ3v) is 3.14. The Morgan fingerprint density at radius 3 is 2.70 bits per heavy atom. The Balaban J connectivity index is 2.04. The lowest BCUT2D eigenvalue weighted by atomic mass is 9.94. The molecule has 20 heavy (non-hydrogen) atoms. The number of amides is 2. The van der Waals surface area contributed by atoms with E-state index >= 15 is 0 Å². The van der Waals surface area contributed by atoms with E-state index in [0.29, 0.717) is 24.5 Å². The molecule has 0 radical (unpaired) electrons. The van der Waals surface area contributed by atoms with Crippen molar-refractivity contribution in [2.24, 2.45) is 5.73 Å². The second-order valence-corrected chi connectivity index (χ2v) is 5.11. The molecule has 1 aliphatic heterocycles. The highest BCUT2D eigenvalue weighted by molar-refractivity contribution is 6.06. The van der Waals surface area contributed by atoms with E-state index in [1.54, 1.807) is 12.1 Å². The Kier molecular flexibility index (Phi) is 4.06. The van der Waals surface area contributed by atoms with Gasteiger partial charge in [0, 0.05) is 6.42 Å². The van der Waals surface area contributed by atoms with Gasteiger partial charge < -0.3 is 15.2 Å². The quantitative estimate of drug-likeness (QED) is 0.830. The van der Waals surface area contributed by atoms with Crippen molar-refractivity contribution < 1.29 is 19.1 Å². The highest BCUT2D eigenvalue weighted by atomic mass is 16.5. The van der Waals surface area contributed by atoms with E-state index in [0.717, 1.165) is 5.56 Å². The standard InChI is InChI=1S/C14H18N2O4/c1-9-3-4-11(19-2)10(5-9)13(18)16-12(17)6-14(15)7-20-8-14/h3-5H,6-8,15H2,1-2H3,(H,16,17,18). The number of nitrogens with one attached hydrogen (secondary N) is 1.